The van der Waals surface area contributed by atoms with Gasteiger partial charge in [-0.1, -0.05) is 35.3 Å². The molecule has 1 N–H and O–H groups in total. The monoisotopic (exact) mass is 415 g/mol. The number of thiophene rings is 1. The third-order valence-electron chi connectivity index (χ3n) is 4.20. The van der Waals surface area contributed by atoms with Crippen LogP contribution in [0, 0.1) is 0 Å². The van der Waals surface area contributed by atoms with Crippen LogP contribution >= 0.6 is 34.5 Å². The second-order valence-electron chi connectivity index (χ2n) is 5.91. The van der Waals surface area contributed by atoms with Gasteiger partial charge in [0.15, 0.2) is 5.82 Å². The highest BCUT2D eigenvalue weighted by Crippen LogP contribution is 2.32. The molecule has 0 spiro atoms. The molecule has 2 aromatic carbocycles. The van der Waals surface area contributed by atoms with Crippen molar-refractivity contribution in [3.8, 4) is 10.7 Å². The fourth-order valence-corrected chi connectivity index (χ4v) is 4.18. The van der Waals surface area contributed by atoms with Crippen LogP contribution in [0.3, 0.4) is 0 Å². The van der Waals surface area contributed by atoms with Crippen molar-refractivity contribution < 1.29 is 4.79 Å². The summed E-state index contributed by atoms with van der Waals surface area (Å²) in [6.45, 7) is 2.88. The molecular weight excluding hydrogens is 401 g/mol. The Hall–Kier alpha value is -2.34. The molecule has 136 valence electrons. The third kappa shape index (κ3) is 3.46. The molecule has 0 saturated carbocycles. The van der Waals surface area contributed by atoms with Gasteiger partial charge in [-0.25, -0.2) is 4.98 Å². The molecule has 27 heavy (non-hydrogen) atoms. The number of carbonyl (C=O) groups excluding carboxylic acids is 1. The minimum atomic E-state index is -0.227. The smallest absolute Gasteiger partial charge is 0.265 e. The van der Waals surface area contributed by atoms with Crippen molar-refractivity contribution in [3.63, 3.8) is 0 Å². The lowest BCUT2D eigenvalue weighted by atomic mass is 10.3. The fraction of sp³-hybridized carbons (Fsp3) is 0.100. The van der Waals surface area contributed by atoms with Crippen LogP contribution in [0.5, 0.6) is 0 Å². The number of fused-ring (bicyclic) bond motifs is 1. The van der Waals surface area contributed by atoms with E-state index in [0.717, 1.165) is 28.3 Å². The van der Waals surface area contributed by atoms with E-state index in [1.54, 1.807) is 24.3 Å². The Morgan fingerprint density at radius 2 is 1.96 bits per heavy atom. The van der Waals surface area contributed by atoms with E-state index >= 15 is 0 Å². The quantitative estimate of drug-likeness (QED) is 0.422. The minimum Gasteiger partial charge on any atom is -0.324 e. The molecule has 0 saturated heterocycles. The maximum Gasteiger partial charge on any atom is 0.265 e. The van der Waals surface area contributed by atoms with Crippen LogP contribution in [-0.2, 0) is 6.54 Å². The van der Waals surface area contributed by atoms with E-state index in [0.29, 0.717) is 20.6 Å². The maximum atomic E-state index is 12.6. The molecule has 0 atom stereocenters. The van der Waals surface area contributed by atoms with Gasteiger partial charge in [0, 0.05) is 11.6 Å². The lowest BCUT2D eigenvalue weighted by Gasteiger charge is -2.06. The van der Waals surface area contributed by atoms with Gasteiger partial charge >= 0.3 is 0 Å². The summed E-state index contributed by atoms with van der Waals surface area (Å²) in [6.07, 6.45) is 0. The Bertz CT molecular complexity index is 1150. The van der Waals surface area contributed by atoms with Gasteiger partial charge in [-0.2, -0.15) is 0 Å². The first-order chi connectivity index (χ1) is 13.1. The van der Waals surface area contributed by atoms with Gasteiger partial charge in [-0.3, -0.25) is 4.79 Å². The number of aryl methyl sites for hydroxylation is 1. The molecule has 4 aromatic rings. The first-order valence-corrected chi connectivity index (χ1v) is 9.96. The number of para-hydroxylation sites is 2. The van der Waals surface area contributed by atoms with E-state index in [-0.39, 0.29) is 5.91 Å². The molecule has 2 aromatic heterocycles. The number of amides is 1. The number of nitrogens with one attached hydrogen (secondary N) is 1. The van der Waals surface area contributed by atoms with Gasteiger partial charge in [-0.15, -0.1) is 11.3 Å². The maximum absolute atomic E-state index is 12.6. The zero-order valence-electron chi connectivity index (χ0n) is 14.4. The van der Waals surface area contributed by atoms with Crippen LogP contribution < -0.4 is 5.32 Å². The molecule has 4 rings (SSSR count). The number of halogens is 2. The van der Waals surface area contributed by atoms with Crippen LogP contribution in [0.2, 0.25) is 10.0 Å². The molecule has 0 radical (unpaired) electrons. The molecule has 0 aliphatic carbocycles. The van der Waals surface area contributed by atoms with Crippen LogP contribution in [0.15, 0.2) is 54.6 Å². The number of imidazole rings is 1. The molecule has 0 aliphatic rings. The second-order valence-corrected chi connectivity index (χ2v) is 7.84. The van der Waals surface area contributed by atoms with E-state index in [2.05, 4.69) is 22.9 Å². The Balaban J connectivity index is 1.66. The largest absolute Gasteiger partial charge is 0.324 e. The number of anilines is 1. The minimum absolute atomic E-state index is 0.227. The average molecular weight is 416 g/mol. The summed E-state index contributed by atoms with van der Waals surface area (Å²) < 4.78 is 2.15. The topological polar surface area (TPSA) is 46.9 Å². The molecule has 4 nitrogen and oxygen atoms in total. The Morgan fingerprint density at radius 3 is 2.78 bits per heavy atom. The second kappa shape index (κ2) is 7.35. The van der Waals surface area contributed by atoms with Crippen molar-refractivity contribution in [2.45, 2.75) is 13.5 Å². The summed E-state index contributed by atoms with van der Waals surface area (Å²) >= 11 is 13.5. The van der Waals surface area contributed by atoms with Crippen LogP contribution in [-0.4, -0.2) is 15.5 Å². The first-order valence-electron chi connectivity index (χ1n) is 8.38. The highest BCUT2D eigenvalue weighted by atomic mass is 35.5. The van der Waals surface area contributed by atoms with Gasteiger partial charge in [0.1, 0.15) is 0 Å². The summed E-state index contributed by atoms with van der Waals surface area (Å²) in [4.78, 5) is 18.9. The van der Waals surface area contributed by atoms with Crippen molar-refractivity contribution >= 4 is 57.2 Å². The van der Waals surface area contributed by atoms with Crippen molar-refractivity contribution in [1.29, 1.82) is 0 Å². The molecule has 2 heterocycles. The summed E-state index contributed by atoms with van der Waals surface area (Å²) in [6, 6.07) is 16.7. The number of carbonyl (C=O) groups is 1. The average Bonchev–Trinajstić information content (AvgIpc) is 3.29. The highest BCUT2D eigenvalue weighted by molar-refractivity contribution is 7.17. The van der Waals surface area contributed by atoms with E-state index < -0.39 is 0 Å². The van der Waals surface area contributed by atoms with E-state index in [9.17, 15) is 4.79 Å². The summed E-state index contributed by atoms with van der Waals surface area (Å²) in [5.41, 5.74) is 2.52. The van der Waals surface area contributed by atoms with Gasteiger partial charge < -0.3 is 9.88 Å². The molecule has 0 aliphatic heterocycles. The fourth-order valence-electron chi connectivity index (χ4n) is 2.94. The van der Waals surface area contributed by atoms with Crippen molar-refractivity contribution in [1.82, 2.24) is 9.55 Å². The van der Waals surface area contributed by atoms with Gasteiger partial charge in [-0.05, 0) is 49.4 Å². The summed E-state index contributed by atoms with van der Waals surface area (Å²) in [5, 5.41) is 3.77. The molecule has 7 heteroatoms. The van der Waals surface area contributed by atoms with Gasteiger partial charge in [0.25, 0.3) is 5.91 Å². The number of rotatable bonds is 4. The number of hydrogen-bond donors (Lipinski definition) is 1. The predicted molar refractivity (Wildman–Crippen MR) is 113 cm³/mol. The standard InChI is InChI=1S/C20H15Cl2N3OS/c1-2-25-16-6-4-3-5-14(16)23-19(25)17-9-10-18(27-17)20(26)24-15-11-12(21)7-8-13(15)22/h3-11H,2H2,1H3,(H,24,26). The SMILES string of the molecule is CCn1c(-c2ccc(C(=O)Nc3cc(Cl)ccc3Cl)s2)nc2ccccc21. The normalized spacial score (nSPS) is 11.1. The molecule has 0 unspecified atom stereocenters. The van der Waals surface area contributed by atoms with Gasteiger partial charge in [0.05, 0.1) is 31.5 Å². The van der Waals surface area contributed by atoms with Crippen molar-refractivity contribution in [3.05, 3.63) is 69.5 Å². The lowest BCUT2D eigenvalue weighted by Crippen LogP contribution is -2.10. The van der Waals surface area contributed by atoms with E-state index in [4.69, 9.17) is 28.2 Å². The Labute approximate surface area is 170 Å². The van der Waals surface area contributed by atoms with E-state index in [1.165, 1.54) is 11.3 Å². The van der Waals surface area contributed by atoms with Crippen molar-refractivity contribution in [2.75, 3.05) is 5.32 Å². The molecule has 1 amide bonds. The van der Waals surface area contributed by atoms with Crippen LogP contribution in [0.25, 0.3) is 21.7 Å². The van der Waals surface area contributed by atoms with Crippen LogP contribution in [0.4, 0.5) is 5.69 Å². The zero-order valence-corrected chi connectivity index (χ0v) is 16.7. The van der Waals surface area contributed by atoms with Gasteiger partial charge in [0.2, 0.25) is 0 Å². The molecular formula is C20H15Cl2N3OS. The first kappa shape index (κ1) is 18.0. The van der Waals surface area contributed by atoms with Crippen LogP contribution in [0.1, 0.15) is 16.6 Å². The third-order valence-corrected chi connectivity index (χ3v) is 5.84. The Kier molecular flexibility index (Phi) is 4.91. The number of nitrogens with zero attached hydrogens (tertiary/aromatic N) is 2. The predicted octanol–water partition coefficient (Wildman–Crippen LogP) is 6.34. The van der Waals surface area contributed by atoms with E-state index in [1.807, 2.05) is 24.3 Å². The zero-order chi connectivity index (χ0) is 19.0. The highest BCUT2D eigenvalue weighted by Gasteiger charge is 2.16. The number of aromatic nitrogens is 2. The number of hydrogen-bond acceptors (Lipinski definition) is 3. The Morgan fingerprint density at radius 1 is 1.15 bits per heavy atom. The summed E-state index contributed by atoms with van der Waals surface area (Å²) in [5.74, 6) is 0.637. The lowest BCUT2D eigenvalue weighted by molar-refractivity contribution is 0.103. The molecule has 0 bridgehead atoms. The summed E-state index contributed by atoms with van der Waals surface area (Å²) in [7, 11) is 0. The van der Waals surface area contributed by atoms with Crippen molar-refractivity contribution in [2.24, 2.45) is 0 Å². The number of benzene rings is 2. The molecule has 0 fully saturated rings.